The molecule has 2 heterocycles. The van der Waals surface area contributed by atoms with Crippen LogP contribution < -0.4 is 10.6 Å². The van der Waals surface area contributed by atoms with Gasteiger partial charge in [-0.25, -0.2) is 14.8 Å². The highest BCUT2D eigenvalue weighted by atomic mass is 32.2. The van der Waals surface area contributed by atoms with Crippen LogP contribution in [0.4, 0.5) is 15.6 Å². The molecule has 0 unspecified atom stereocenters. The topological polar surface area (TPSA) is 84.0 Å². The summed E-state index contributed by atoms with van der Waals surface area (Å²) in [5.41, 5.74) is 2.12. The van der Waals surface area contributed by atoms with Crippen molar-refractivity contribution in [1.82, 2.24) is 9.97 Å². The maximum absolute atomic E-state index is 12.9. The molecule has 1 fully saturated rings. The smallest absolute Gasteiger partial charge is 0.307 e. The first kappa shape index (κ1) is 20.6. The maximum Gasteiger partial charge on any atom is 0.325 e. The van der Waals surface area contributed by atoms with Gasteiger partial charge in [-0.15, -0.1) is 0 Å². The van der Waals surface area contributed by atoms with Gasteiger partial charge < -0.3 is 5.32 Å². The molecule has 0 bridgehead atoms. The summed E-state index contributed by atoms with van der Waals surface area (Å²) >= 11 is 2.86. The first-order valence-electron chi connectivity index (χ1n) is 9.86. The number of anilines is 2. The molecule has 0 aliphatic heterocycles. The quantitative estimate of drug-likeness (QED) is 0.460. The normalized spacial score (nSPS) is 13.9. The molecule has 1 aliphatic carbocycles. The van der Waals surface area contributed by atoms with Crippen molar-refractivity contribution >= 4 is 45.7 Å². The number of hydrogen-bond donors (Lipinski definition) is 2. The van der Waals surface area contributed by atoms with Crippen LogP contribution in [0.2, 0.25) is 0 Å². The number of pyridine rings is 1. The molecule has 2 aromatic heterocycles. The van der Waals surface area contributed by atoms with E-state index in [-0.39, 0.29) is 11.7 Å². The average molecular weight is 439 g/mol. The lowest BCUT2D eigenvalue weighted by Crippen LogP contribution is -2.22. The molecule has 6 nitrogen and oxygen atoms in total. The molecule has 1 saturated carbocycles. The van der Waals surface area contributed by atoms with Crippen molar-refractivity contribution in [2.75, 3.05) is 10.6 Å². The van der Waals surface area contributed by atoms with Crippen LogP contribution in [0.3, 0.4) is 0 Å². The van der Waals surface area contributed by atoms with Gasteiger partial charge in [-0.3, -0.25) is 10.1 Å². The van der Waals surface area contributed by atoms with Gasteiger partial charge in [0.05, 0.1) is 16.1 Å². The minimum atomic E-state index is -0.414. The van der Waals surface area contributed by atoms with E-state index in [9.17, 15) is 9.59 Å². The van der Waals surface area contributed by atoms with Crippen LogP contribution in [0.5, 0.6) is 0 Å². The van der Waals surface area contributed by atoms with Crippen molar-refractivity contribution in [1.29, 1.82) is 0 Å². The molecule has 0 spiro atoms. The fourth-order valence-electron chi connectivity index (χ4n) is 3.50. The zero-order valence-corrected chi connectivity index (χ0v) is 18.2. The Morgan fingerprint density at radius 3 is 2.70 bits per heavy atom. The number of aromatic nitrogens is 2. The summed E-state index contributed by atoms with van der Waals surface area (Å²) in [5.74, 6) is 0.176. The summed E-state index contributed by atoms with van der Waals surface area (Å²) in [6.45, 7) is 1.95. The van der Waals surface area contributed by atoms with Gasteiger partial charge in [-0.05, 0) is 44.0 Å². The Kier molecular flexibility index (Phi) is 6.44. The number of nitrogens with one attached hydrogen (secondary N) is 2. The lowest BCUT2D eigenvalue weighted by atomic mass is 9.94. The zero-order valence-electron chi connectivity index (χ0n) is 16.6. The Balaban J connectivity index is 1.42. The third-order valence-electron chi connectivity index (χ3n) is 4.96. The van der Waals surface area contributed by atoms with Crippen molar-refractivity contribution < 1.29 is 9.59 Å². The van der Waals surface area contributed by atoms with Crippen molar-refractivity contribution in [3.05, 3.63) is 59.9 Å². The monoisotopic (exact) mass is 438 g/mol. The van der Waals surface area contributed by atoms with Gasteiger partial charge in [-0.1, -0.05) is 53.6 Å². The van der Waals surface area contributed by atoms with Gasteiger partial charge in [0.1, 0.15) is 5.03 Å². The highest BCUT2D eigenvalue weighted by Crippen LogP contribution is 2.33. The van der Waals surface area contributed by atoms with E-state index < -0.39 is 6.03 Å². The van der Waals surface area contributed by atoms with E-state index in [0.717, 1.165) is 40.5 Å². The van der Waals surface area contributed by atoms with Crippen LogP contribution in [0.25, 0.3) is 0 Å². The summed E-state index contributed by atoms with van der Waals surface area (Å²) in [7, 11) is 0. The number of urea groups is 1. The third-order valence-corrected chi connectivity index (χ3v) is 6.93. The first-order chi connectivity index (χ1) is 14.6. The summed E-state index contributed by atoms with van der Waals surface area (Å²) < 4.78 is 0.927. The second-order valence-electron chi connectivity index (χ2n) is 7.23. The summed E-state index contributed by atoms with van der Waals surface area (Å²) in [5, 5.41) is 6.94. The van der Waals surface area contributed by atoms with Gasteiger partial charge >= 0.3 is 6.03 Å². The lowest BCUT2D eigenvalue weighted by molar-refractivity contribution is 0.0923. The number of Topliss-reactive ketones (excluding diaryl/α,β-unsaturated/α-hetero) is 1. The predicted molar refractivity (Wildman–Crippen MR) is 121 cm³/mol. The molecule has 2 amide bonds. The van der Waals surface area contributed by atoms with Crippen LogP contribution in [-0.4, -0.2) is 21.8 Å². The Morgan fingerprint density at radius 1 is 1.10 bits per heavy atom. The summed E-state index contributed by atoms with van der Waals surface area (Å²) in [6.07, 6.45) is 7.48. The number of ketones is 1. The Hall–Kier alpha value is -2.71. The van der Waals surface area contributed by atoms with Gasteiger partial charge in [0, 0.05) is 17.7 Å². The number of carbonyl (C=O) groups is 2. The number of nitrogens with zero attached hydrogens (tertiary/aromatic N) is 2. The molecule has 154 valence electrons. The lowest BCUT2D eigenvalue weighted by Gasteiger charge is -2.14. The largest absolute Gasteiger partial charge is 0.325 e. The molecule has 1 aliphatic rings. The minimum absolute atomic E-state index is 0.0561. The SMILES string of the molecule is Cc1ccc(NC(=O)Nc2ncc(Sc3ccccn3)s2)c(C(=O)C2CCCC2)c1. The number of thiazole rings is 1. The van der Waals surface area contributed by atoms with E-state index >= 15 is 0 Å². The van der Waals surface area contributed by atoms with Gasteiger partial charge in [0.15, 0.2) is 10.9 Å². The zero-order chi connectivity index (χ0) is 20.9. The number of benzene rings is 1. The van der Waals surface area contributed by atoms with Crippen molar-refractivity contribution in [3.63, 3.8) is 0 Å². The van der Waals surface area contributed by atoms with Crippen LogP contribution >= 0.6 is 23.1 Å². The molecule has 30 heavy (non-hydrogen) atoms. The molecule has 2 N–H and O–H groups in total. The van der Waals surface area contributed by atoms with Crippen LogP contribution in [0.15, 0.2) is 58.0 Å². The molecule has 1 aromatic carbocycles. The number of carbonyl (C=O) groups excluding carboxylic acids is 2. The number of amides is 2. The maximum atomic E-state index is 12.9. The van der Waals surface area contributed by atoms with E-state index in [1.165, 1.54) is 23.1 Å². The molecular weight excluding hydrogens is 416 g/mol. The molecule has 4 rings (SSSR count). The number of rotatable bonds is 6. The number of hydrogen-bond acceptors (Lipinski definition) is 6. The van der Waals surface area contributed by atoms with E-state index in [1.807, 2.05) is 37.3 Å². The molecule has 3 aromatic rings. The van der Waals surface area contributed by atoms with Crippen molar-refractivity contribution in [2.45, 2.75) is 41.8 Å². The van der Waals surface area contributed by atoms with Crippen LogP contribution in [0.1, 0.15) is 41.6 Å². The molecule has 0 atom stereocenters. The second-order valence-corrected chi connectivity index (χ2v) is 9.58. The van der Waals surface area contributed by atoms with E-state index in [0.29, 0.717) is 16.4 Å². The summed E-state index contributed by atoms with van der Waals surface area (Å²) in [6, 6.07) is 10.8. The highest BCUT2D eigenvalue weighted by Gasteiger charge is 2.26. The second kappa shape index (κ2) is 9.40. The predicted octanol–water partition coefficient (Wildman–Crippen LogP) is 6.01. The van der Waals surface area contributed by atoms with Crippen molar-refractivity contribution in [2.24, 2.45) is 5.92 Å². The van der Waals surface area contributed by atoms with E-state index in [4.69, 9.17) is 0 Å². The molecule has 0 saturated heterocycles. The molecule has 8 heteroatoms. The first-order valence-corrected chi connectivity index (χ1v) is 11.5. The van der Waals surface area contributed by atoms with Crippen molar-refractivity contribution in [3.8, 4) is 0 Å². The highest BCUT2D eigenvalue weighted by molar-refractivity contribution is 8.01. The van der Waals surface area contributed by atoms with E-state index in [2.05, 4.69) is 20.6 Å². The fourth-order valence-corrected chi connectivity index (χ4v) is 5.28. The fraction of sp³-hybridized carbons (Fsp3) is 0.273. The minimum Gasteiger partial charge on any atom is -0.307 e. The van der Waals surface area contributed by atoms with E-state index in [1.54, 1.807) is 18.5 Å². The van der Waals surface area contributed by atoms with Crippen LogP contribution in [-0.2, 0) is 0 Å². The van der Waals surface area contributed by atoms with Gasteiger partial charge in [0.2, 0.25) is 0 Å². The third kappa shape index (κ3) is 5.06. The van der Waals surface area contributed by atoms with Crippen LogP contribution in [0, 0.1) is 12.8 Å². The Bertz CT molecular complexity index is 1050. The Labute approximate surface area is 183 Å². The Morgan fingerprint density at radius 2 is 1.93 bits per heavy atom. The number of aryl methyl sites for hydroxylation is 1. The molecular formula is C22H22N4O2S2. The van der Waals surface area contributed by atoms with Gasteiger partial charge in [0.25, 0.3) is 0 Å². The average Bonchev–Trinajstić information content (AvgIpc) is 3.42. The van der Waals surface area contributed by atoms with Gasteiger partial charge in [-0.2, -0.15) is 0 Å². The standard InChI is InChI=1S/C22H22N4O2S2/c1-14-9-10-17(16(12-14)20(27)15-6-2-3-7-15)25-21(28)26-22-24-13-19(30-22)29-18-8-4-5-11-23-18/h4-5,8-13,15H,2-3,6-7H2,1H3,(H2,24,25,26,28). The molecule has 0 radical (unpaired) electrons. The summed E-state index contributed by atoms with van der Waals surface area (Å²) in [4.78, 5) is 34.0.